The van der Waals surface area contributed by atoms with Crippen molar-refractivity contribution in [3.8, 4) is 0 Å². The Hall–Kier alpha value is -1.43. The Labute approximate surface area is 99.8 Å². The van der Waals surface area contributed by atoms with E-state index in [4.69, 9.17) is 0 Å². The van der Waals surface area contributed by atoms with Gasteiger partial charge in [0.05, 0.1) is 5.75 Å². The minimum atomic E-state index is -3.09. The molecule has 1 aromatic carbocycles. The number of carbonyl (C=O) groups excluding carboxylic acids is 1. The molecule has 1 rings (SSSR count). The van der Waals surface area contributed by atoms with Gasteiger partial charge in [-0.1, -0.05) is 0 Å². The van der Waals surface area contributed by atoms with Crippen LogP contribution in [-0.2, 0) is 9.84 Å². The van der Waals surface area contributed by atoms with E-state index in [2.05, 4.69) is 5.32 Å². The lowest BCUT2D eigenvalue weighted by atomic mass is 10.1. The Morgan fingerprint density at radius 3 is 2.59 bits per heavy atom. The van der Waals surface area contributed by atoms with E-state index in [0.29, 0.717) is 11.1 Å². The van der Waals surface area contributed by atoms with E-state index < -0.39 is 15.7 Å². The third kappa shape index (κ3) is 4.52. The van der Waals surface area contributed by atoms with Crippen LogP contribution in [0.15, 0.2) is 18.2 Å². The van der Waals surface area contributed by atoms with Gasteiger partial charge in [0.1, 0.15) is 15.7 Å². The molecular weight excluding hydrogens is 245 g/mol. The highest BCUT2D eigenvalue weighted by atomic mass is 32.2. The smallest absolute Gasteiger partial charge is 0.251 e. The Kier molecular flexibility index (Phi) is 4.22. The minimum Gasteiger partial charge on any atom is -0.351 e. The molecule has 94 valence electrons. The maximum Gasteiger partial charge on any atom is 0.251 e. The predicted octanol–water partition coefficient (Wildman–Crippen LogP) is 0.909. The third-order valence-corrected chi connectivity index (χ3v) is 3.12. The molecule has 0 aromatic heterocycles. The van der Waals surface area contributed by atoms with Gasteiger partial charge >= 0.3 is 0 Å². The molecule has 0 saturated heterocycles. The lowest BCUT2D eigenvalue weighted by Gasteiger charge is -2.05. The molecule has 0 unspecified atom stereocenters. The van der Waals surface area contributed by atoms with E-state index in [1.54, 1.807) is 6.92 Å². The van der Waals surface area contributed by atoms with Gasteiger partial charge < -0.3 is 5.32 Å². The van der Waals surface area contributed by atoms with Crippen LogP contribution in [0, 0.1) is 12.7 Å². The highest BCUT2D eigenvalue weighted by Gasteiger charge is 2.08. The number of hydrogen-bond donors (Lipinski definition) is 1. The van der Waals surface area contributed by atoms with Crippen LogP contribution in [0.25, 0.3) is 0 Å². The second-order valence-corrected chi connectivity index (χ2v) is 6.11. The van der Waals surface area contributed by atoms with Gasteiger partial charge in [0.15, 0.2) is 0 Å². The van der Waals surface area contributed by atoms with Gasteiger partial charge in [0, 0.05) is 18.4 Å². The van der Waals surface area contributed by atoms with Crippen molar-refractivity contribution < 1.29 is 17.6 Å². The van der Waals surface area contributed by atoms with Crippen LogP contribution < -0.4 is 5.32 Å². The molecule has 0 aliphatic heterocycles. The average Bonchev–Trinajstić information content (AvgIpc) is 2.20. The molecule has 0 heterocycles. The molecule has 4 nitrogen and oxygen atoms in total. The first kappa shape index (κ1) is 13.6. The topological polar surface area (TPSA) is 63.2 Å². The SMILES string of the molecule is Cc1cc(C(=O)NCCS(C)(=O)=O)ccc1F. The van der Waals surface area contributed by atoms with Crippen LogP contribution in [0.5, 0.6) is 0 Å². The molecule has 1 N–H and O–H groups in total. The molecule has 1 aromatic rings. The summed E-state index contributed by atoms with van der Waals surface area (Å²) >= 11 is 0. The van der Waals surface area contributed by atoms with Crippen molar-refractivity contribution >= 4 is 15.7 Å². The van der Waals surface area contributed by atoms with Crippen molar-refractivity contribution in [1.82, 2.24) is 5.32 Å². The molecular formula is C11H14FNO3S. The zero-order chi connectivity index (χ0) is 13.1. The summed E-state index contributed by atoms with van der Waals surface area (Å²) in [6, 6.07) is 3.99. The summed E-state index contributed by atoms with van der Waals surface area (Å²) in [6.45, 7) is 1.61. The number of nitrogens with one attached hydrogen (secondary N) is 1. The molecule has 0 aliphatic rings. The van der Waals surface area contributed by atoms with Crippen LogP contribution in [0.1, 0.15) is 15.9 Å². The van der Waals surface area contributed by atoms with Crippen molar-refractivity contribution in [2.45, 2.75) is 6.92 Å². The number of aryl methyl sites for hydroxylation is 1. The molecule has 0 fully saturated rings. The van der Waals surface area contributed by atoms with Crippen LogP contribution >= 0.6 is 0 Å². The van der Waals surface area contributed by atoms with Crippen molar-refractivity contribution in [2.75, 3.05) is 18.6 Å². The van der Waals surface area contributed by atoms with Gasteiger partial charge in [-0.25, -0.2) is 12.8 Å². The van der Waals surface area contributed by atoms with Crippen molar-refractivity contribution in [1.29, 1.82) is 0 Å². The third-order valence-electron chi connectivity index (χ3n) is 2.18. The van der Waals surface area contributed by atoms with E-state index in [9.17, 15) is 17.6 Å². The molecule has 0 aliphatic carbocycles. The number of sulfone groups is 1. The van der Waals surface area contributed by atoms with Crippen LogP contribution in [0.4, 0.5) is 4.39 Å². The van der Waals surface area contributed by atoms with E-state index in [1.807, 2.05) is 0 Å². The lowest BCUT2D eigenvalue weighted by Crippen LogP contribution is -2.28. The quantitative estimate of drug-likeness (QED) is 0.874. The van der Waals surface area contributed by atoms with E-state index in [1.165, 1.54) is 18.2 Å². The Bertz CT molecular complexity index is 526. The molecule has 0 bridgehead atoms. The molecule has 0 saturated carbocycles. The van der Waals surface area contributed by atoms with Crippen molar-refractivity contribution in [3.63, 3.8) is 0 Å². The predicted molar refractivity (Wildman–Crippen MR) is 63.2 cm³/mol. The molecule has 0 atom stereocenters. The summed E-state index contributed by atoms with van der Waals surface area (Å²) in [6.07, 6.45) is 1.10. The Morgan fingerprint density at radius 1 is 1.41 bits per heavy atom. The maximum absolute atomic E-state index is 13.0. The Morgan fingerprint density at radius 2 is 2.06 bits per heavy atom. The van der Waals surface area contributed by atoms with Gasteiger partial charge in [-0.2, -0.15) is 0 Å². The van der Waals surface area contributed by atoms with Crippen LogP contribution in [0.3, 0.4) is 0 Å². The van der Waals surface area contributed by atoms with Crippen molar-refractivity contribution in [3.05, 3.63) is 35.1 Å². The standard InChI is InChI=1S/C11H14FNO3S/c1-8-7-9(3-4-10(8)12)11(14)13-5-6-17(2,15)16/h3-4,7H,5-6H2,1-2H3,(H,13,14). The monoisotopic (exact) mass is 259 g/mol. The van der Waals surface area contributed by atoms with E-state index in [-0.39, 0.29) is 18.1 Å². The fourth-order valence-electron chi connectivity index (χ4n) is 1.24. The van der Waals surface area contributed by atoms with Gasteiger partial charge in [-0.05, 0) is 30.7 Å². The molecule has 0 spiro atoms. The zero-order valence-electron chi connectivity index (χ0n) is 9.66. The normalized spacial score (nSPS) is 11.2. The molecule has 17 heavy (non-hydrogen) atoms. The van der Waals surface area contributed by atoms with Gasteiger partial charge in [-0.15, -0.1) is 0 Å². The van der Waals surface area contributed by atoms with E-state index in [0.717, 1.165) is 6.26 Å². The number of amides is 1. The van der Waals surface area contributed by atoms with Gasteiger partial charge in [0.2, 0.25) is 0 Å². The summed E-state index contributed by atoms with van der Waals surface area (Å²) in [5, 5.41) is 2.46. The largest absolute Gasteiger partial charge is 0.351 e. The second kappa shape index (κ2) is 5.27. The molecule has 0 radical (unpaired) electrons. The number of hydrogen-bond acceptors (Lipinski definition) is 3. The summed E-state index contributed by atoms with van der Waals surface area (Å²) in [5.74, 6) is -0.895. The first-order valence-electron chi connectivity index (χ1n) is 5.01. The summed E-state index contributed by atoms with van der Waals surface area (Å²) < 4.78 is 34.7. The van der Waals surface area contributed by atoms with E-state index >= 15 is 0 Å². The summed E-state index contributed by atoms with van der Waals surface area (Å²) in [5.41, 5.74) is 0.693. The summed E-state index contributed by atoms with van der Waals surface area (Å²) in [7, 11) is -3.09. The highest BCUT2D eigenvalue weighted by molar-refractivity contribution is 7.90. The molecule has 6 heteroatoms. The number of carbonyl (C=O) groups is 1. The highest BCUT2D eigenvalue weighted by Crippen LogP contribution is 2.08. The molecule has 1 amide bonds. The first-order chi connectivity index (χ1) is 7.79. The maximum atomic E-state index is 13.0. The van der Waals surface area contributed by atoms with Crippen molar-refractivity contribution in [2.24, 2.45) is 0 Å². The number of halogens is 1. The van der Waals surface area contributed by atoms with Gasteiger partial charge in [0.25, 0.3) is 5.91 Å². The number of rotatable bonds is 4. The minimum absolute atomic E-state index is 0.0497. The fourth-order valence-corrected chi connectivity index (χ4v) is 1.71. The lowest BCUT2D eigenvalue weighted by molar-refractivity contribution is 0.0956. The number of benzene rings is 1. The zero-order valence-corrected chi connectivity index (χ0v) is 10.5. The summed E-state index contributed by atoms with van der Waals surface area (Å²) in [4.78, 5) is 11.6. The second-order valence-electron chi connectivity index (χ2n) is 3.85. The van der Waals surface area contributed by atoms with Gasteiger partial charge in [-0.3, -0.25) is 4.79 Å². The Balaban J connectivity index is 2.61. The van der Waals surface area contributed by atoms with Crippen LogP contribution in [0.2, 0.25) is 0 Å². The fraction of sp³-hybridized carbons (Fsp3) is 0.364. The van der Waals surface area contributed by atoms with Crippen LogP contribution in [-0.4, -0.2) is 32.9 Å². The average molecular weight is 259 g/mol. The first-order valence-corrected chi connectivity index (χ1v) is 7.08.